The number of nitrogens with zero attached hydrogens (tertiary/aromatic N) is 3. The zero-order valence-corrected chi connectivity index (χ0v) is 12.3. The summed E-state index contributed by atoms with van der Waals surface area (Å²) in [7, 11) is 3.63. The van der Waals surface area contributed by atoms with Crippen LogP contribution in [-0.2, 0) is 13.0 Å². The molecule has 0 aliphatic carbocycles. The second kappa shape index (κ2) is 7.05. The maximum Gasteiger partial charge on any atom is 0.141 e. The number of rotatable bonds is 7. The van der Waals surface area contributed by atoms with Gasteiger partial charge in [0.25, 0.3) is 0 Å². The monoisotopic (exact) mass is 274 g/mol. The van der Waals surface area contributed by atoms with Crippen molar-refractivity contribution in [3.05, 3.63) is 42.2 Å². The van der Waals surface area contributed by atoms with Crippen molar-refractivity contribution in [2.45, 2.75) is 32.4 Å². The Hall–Kier alpha value is -1.88. The van der Waals surface area contributed by atoms with Crippen LogP contribution in [0.5, 0.6) is 5.75 Å². The lowest BCUT2D eigenvalue weighted by molar-refractivity contribution is 0.398. The van der Waals surface area contributed by atoms with Crippen LogP contribution >= 0.6 is 0 Å². The van der Waals surface area contributed by atoms with Crippen molar-refractivity contribution in [1.82, 2.24) is 19.9 Å². The lowest BCUT2D eigenvalue weighted by Gasteiger charge is -2.19. The second-order valence-electron chi connectivity index (χ2n) is 4.70. The van der Waals surface area contributed by atoms with Gasteiger partial charge < -0.3 is 14.6 Å². The van der Waals surface area contributed by atoms with Gasteiger partial charge in [-0.25, -0.2) is 4.98 Å². The lowest BCUT2D eigenvalue weighted by atomic mass is 10.0. The Labute approximate surface area is 120 Å². The number of nitrogens with one attached hydrogen (secondary N) is 1. The molecule has 0 aliphatic heterocycles. The van der Waals surface area contributed by atoms with Gasteiger partial charge in [0.15, 0.2) is 0 Å². The molecule has 1 atom stereocenters. The van der Waals surface area contributed by atoms with E-state index in [9.17, 15) is 0 Å². The first kappa shape index (κ1) is 14.5. The molecular weight excluding hydrogens is 252 g/mol. The summed E-state index contributed by atoms with van der Waals surface area (Å²) in [4.78, 5) is 8.57. The summed E-state index contributed by atoms with van der Waals surface area (Å²) in [5, 5.41) is 3.34. The Morgan fingerprint density at radius 3 is 2.95 bits per heavy atom. The van der Waals surface area contributed by atoms with E-state index in [0.717, 1.165) is 36.5 Å². The fraction of sp³-hybridized carbons (Fsp3) is 0.467. The zero-order valence-electron chi connectivity index (χ0n) is 12.3. The van der Waals surface area contributed by atoms with Crippen molar-refractivity contribution in [3.63, 3.8) is 0 Å². The lowest BCUT2D eigenvalue weighted by Crippen LogP contribution is -2.21. The molecule has 2 heterocycles. The first-order chi connectivity index (χ1) is 9.80. The molecule has 5 heteroatoms. The standard InChI is InChI=1S/C15H22N4O/c1-4-8-19-9-7-18-15(19)10-13(16-2)12-5-6-17-11-14(12)20-3/h5-7,9,11,13,16H,4,8,10H2,1-3H3. The van der Waals surface area contributed by atoms with Crippen LogP contribution < -0.4 is 10.1 Å². The number of ether oxygens (including phenoxy) is 1. The van der Waals surface area contributed by atoms with Crippen LogP contribution in [0.25, 0.3) is 0 Å². The van der Waals surface area contributed by atoms with Crippen LogP contribution in [0.2, 0.25) is 0 Å². The van der Waals surface area contributed by atoms with Crippen LogP contribution in [0.15, 0.2) is 30.9 Å². The van der Waals surface area contributed by atoms with E-state index < -0.39 is 0 Å². The van der Waals surface area contributed by atoms with Gasteiger partial charge in [-0.2, -0.15) is 0 Å². The third-order valence-corrected chi connectivity index (χ3v) is 3.41. The van der Waals surface area contributed by atoms with Crippen molar-refractivity contribution in [2.75, 3.05) is 14.2 Å². The molecule has 0 radical (unpaired) electrons. The number of imidazole rings is 1. The smallest absolute Gasteiger partial charge is 0.141 e. The summed E-state index contributed by atoms with van der Waals surface area (Å²) in [6.07, 6.45) is 9.37. The Kier molecular flexibility index (Phi) is 5.12. The highest BCUT2D eigenvalue weighted by atomic mass is 16.5. The number of aryl methyl sites for hydroxylation is 1. The Morgan fingerprint density at radius 2 is 2.25 bits per heavy atom. The highest BCUT2D eigenvalue weighted by Crippen LogP contribution is 2.26. The molecule has 0 saturated heterocycles. The molecule has 108 valence electrons. The number of pyridine rings is 1. The molecule has 5 nitrogen and oxygen atoms in total. The van der Waals surface area contributed by atoms with Gasteiger partial charge in [-0.1, -0.05) is 6.92 Å². The van der Waals surface area contributed by atoms with E-state index in [0.29, 0.717) is 0 Å². The molecule has 1 N–H and O–H groups in total. The fourth-order valence-corrected chi connectivity index (χ4v) is 2.37. The minimum atomic E-state index is 0.158. The molecule has 2 aromatic rings. The number of methoxy groups -OCH3 is 1. The van der Waals surface area contributed by atoms with Crippen LogP contribution in [0.4, 0.5) is 0 Å². The molecule has 0 saturated carbocycles. The van der Waals surface area contributed by atoms with Crippen molar-refractivity contribution in [2.24, 2.45) is 0 Å². The molecule has 2 aromatic heterocycles. The van der Waals surface area contributed by atoms with Crippen molar-refractivity contribution < 1.29 is 4.74 Å². The molecular formula is C15H22N4O. The number of likely N-dealkylation sites (N-methyl/N-ethyl adjacent to an activating group) is 1. The summed E-state index contributed by atoms with van der Waals surface area (Å²) in [5.74, 6) is 1.89. The highest BCUT2D eigenvalue weighted by molar-refractivity contribution is 5.33. The van der Waals surface area contributed by atoms with E-state index >= 15 is 0 Å². The third-order valence-electron chi connectivity index (χ3n) is 3.41. The summed E-state index contributed by atoms with van der Waals surface area (Å²) < 4.78 is 7.60. The van der Waals surface area contributed by atoms with Crippen LogP contribution in [0.3, 0.4) is 0 Å². The van der Waals surface area contributed by atoms with E-state index in [4.69, 9.17) is 4.74 Å². The molecule has 1 unspecified atom stereocenters. The van der Waals surface area contributed by atoms with Crippen LogP contribution in [0.1, 0.15) is 30.8 Å². The van der Waals surface area contributed by atoms with Gasteiger partial charge in [0.1, 0.15) is 11.6 Å². The van der Waals surface area contributed by atoms with Gasteiger partial charge in [-0.05, 0) is 19.5 Å². The maximum atomic E-state index is 5.40. The predicted molar refractivity (Wildman–Crippen MR) is 78.8 cm³/mol. The second-order valence-corrected chi connectivity index (χ2v) is 4.70. The molecule has 2 rings (SSSR count). The van der Waals surface area contributed by atoms with Gasteiger partial charge in [-0.15, -0.1) is 0 Å². The topological polar surface area (TPSA) is 52.0 Å². The van der Waals surface area contributed by atoms with E-state index in [1.165, 1.54) is 0 Å². The summed E-state index contributed by atoms with van der Waals surface area (Å²) in [6.45, 7) is 3.17. The molecule has 0 fully saturated rings. The average molecular weight is 274 g/mol. The van der Waals surface area contributed by atoms with E-state index in [2.05, 4.69) is 26.8 Å². The van der Waals surface area contributed by atoms with Gasteiger partial charge in [0, 0.05) is 43.2 Å². The number of hydrogen-bond acceptors (Lipinski definition) is 4. The fourth-order valence-electron chi connectivity index (χ4n) is 2.37. The minimum absolute atomic E-state index is 0.158. The summed E-state index contributed by atoms with van der Waals surface area (Å²) in [5.41, 5.74) is 1.11. The molecule has 20 heavy (non-hydrogen) atoms. The Balaban J connectivity index is 2.22. The van der Waals surface area contributed by atoms with Crippen LogP contribution in [-0.4, -0.2) is 28.7 Å². The van der Waals surface area contributed by atoms with Gasteiger partial charge >= 0.3 is 0 Å². The first-order valence-corrected chi connectivity index (χ1v) is 6.95. The minimum Gasteiger partial charge on any atom is -0.495 e. The SMILES string of the molecule is CCCn1ccnc1CC(NC)c1ccncc1OC. The largest absolute Gasteiger partial charge is 0.495 e. The van der Waals surface area contributed by atoms with E-state index in [1.807, 2.05) is 25.5 Å². The summed E-state index contributed by atoms with van der Waals surface area (Å²) in [6, 6.07) is 2.15. The average Bonchev–Trinajstić information content (AvgIpc) is 2.92. The predicted octanol–water partition coefficient (Wildman–Crippen LogP) is 2.20. The van der Waals surface area contributed by atoms with Gasteiger partial charge in [-0.3, -0.25) is 4.98 Å². The molecule has 0 spiro atoms. The van der Waals surface area contributed by atoms with Crippen LogP contribution in [0, 0.1) is 0 Å². The Bertz CT molecular complexity index is 538. The quantitative estimate of drug-likeness (QED) is 0.841. The van der Waals surface area contributed by atoms with E-state index in [1.54, 1.807) is 19.5 Å². The third kappa shape index (κ3) is 3.17. The summed E-state index contributed by atoms with van der Waals surface area (Å²) >= 11 is 0. The zero-order chi connectivity index (χ0) is 14.4. The van der Waals surface area contributed by atoms with Crippen molar-refractivity contribution >= 4 is 0 Å². The number of hydrogen-bond donors (Lipinski definition) is 1. The van der Waals surface area contributed by atoms with Gasteiger partial charge in [0.2, 0.25) is 0 Å². The van der Waals surface area contributed by atoms with Gasteiger partial charge in [0.05, 0.1) is 13.3 Å². The molecule has 0 aromatic carbocycles. The first-order valence-electron chi connectivity index (χ1n) is 6.95. The van der Waals surface area contributed by atoms with Crippen molar-refractivity contribution in [3.8, 4) is 5.75 Å². The molecule has 0 amide bonds. The highest BCUT2D eigenvalue weighted by Gasteiger charge is 2.17. The maximum absolute atomic E-state index is 5.40. The van der Waals surface area contributed by atoms with E-state index in [-0.39, 0.29) is 6.04 Å². The Morgan fingerprint density at radius 1 is 1.40 bits per heavy atom. The molecule has 0 aliphatic rings. The normalized spacial score (nSPS) is 12.3. The van der Waals surface area contributed by atoms with Crippen molar-refractivity contribution in [1.29, 1.82) is 0 Å². The molecule has 0 bridgehead atoms. The number of aromatic nitrogens is 3.